The second-order valence-electron chi connectivity index (χ2n) is 8.64. The molecule has 152 valence electrons. The lowest BCUT2D eigenvalue weighted by atomic mass is 9.91. The second-order valence-corrected chi connectivity index (χ2v) is 8.64. The van der Waals surface area contributed by atoms with E-state index in [1.165, 1.54) is 4.90 Å². The number of fused-ring (bicyclic) bond motifs is 1. The number of hydrogen-bond acceptors (Lipinski definition) is 4. The summed E-state index contributed by atoms with van der Waals surface area (Å²) in [6.07, 6.45) is 7.86. The maximum Gasteiger partial charge on any atom is 0.272 e. The summed E-state index contributed by atoms with van der Waals surface area (Å²) in [5, 5.41) is 8.23. The highest BCUT2D eigenvalue weighted by Gasteiger charge is 2.24. The molecule has 6 heteroatoms. The van der Waals surface area contributed by atoms with Gasteiger partial charge in [-0.2, -0.15) is 5.10 Å². The Bertz CT molecular complexity index is 1040. The smallest absolute Gasteiger partial charge is 0.272 e. The molecule has 29 heavy (non-hydrogen) atoms. The second kappa shape index (κ2) is 8.55. The van der Waals surface area contributed by atoms with Crippen molar-refractivity contribution in [3.05, 3.63) is 63.7 Å². The number of nitrogens with one attached hydrogen (secondary N) is 1. The highest BCUT2D eigenvalue weighted by atomic mass is 16.2. The summed E-state index contributed by atoms with van der Waals surface area (Å²) >= 11 is 0. The Kier molecular flexibility index (Phi) is 6.11. The molecule has 1 heterocycles. The van der Waals surface area contributed by atoms with E-state index in [1.54, 1.807) is 6.07 Å². The minimum atomic E-state index is -0.213. The van der Waals surface area contributed by atoms with E-state index < -0.39 is 0 Å². The van der Waals surface area contributed by atoms with Crippen LogP contribution in [0.25, 0.3) is 10.8 Å². The summed E-state index contributed by atoms with van der Waals surface area (Å²) in [7, 11) is 0. The molecule has 2 aromatic rings. The summed E-state index contributed by atoms with van der Waals surface area (Å²) in [4.78, 5) is 37.6. The number of allylic oxidation sites excluding steroid dienone is 4. The van der Waals surface area contributed by atoms with Crippen LogP contribution < -0.4 is 5.56 Å². The molecule has 0 fully saturated rings. The third-order valence-electron chi connectivity index (χ3n) is 4.91. The third-order valence-corrected chi connectivity index (χ3v) is 4.91. The largest absolute Gasteiger partial charge is 0.278 e. The van der Waals surface area contributed by atoms with Gasteiger partial charge < -0.3 is 0 Å². The van der Waals surface area contributed by atoms with Crippen molar-refractivity contribution in [1.82, 2.24) is 15.1 Å². The van der Waals surface area contributed by atoms with Gasteiger partial charge in [-0.05, 0) is 42.4 Å². The topological polar surface area (TPSA) is 83.1 Å². The van der Waals surface area contributed by atoms with Crippen LogP contribution in [-0.4, -0.2) is 27.4 Å². The van der Waals surface area contributed by atoms with Gasteiger partial charge in [-0.25, -0.2) is 5.10 Å². The van der Waals surface area contributed by atoms with Gasteiger partial charge in [0, 0.05) is 23.9 Å². The molecule has 1 aliphatic carbocycles. The summed E-state index contributed by atoms with van der Waals surface area (Å²) in [6.45, 7) is 5.94. The Morgan fingerprint density at radius 1 is 1.24 bits per heavy atom. The SMILES string of the molecule is CC(C)(C)CC(=O)N(C=O)C1=CC(Cc2n[nH]c(=O)c3ccccc23)=CCCC1. The third kappa shape index (κ3) is 5.08. The zero-order valence-electron chi connectivity index (χ0n) is 17.2. The predicted octanol–water partition coefficient (Wildman–Crippen LogP) is 3.88. The van der Waals surface area contributed by atoms with Crippen LogP contribution in [0.3, 0.4) is 0 Å². The van der Waals surface area contributed by atoms with Crippen LogP contribution in [0.5, 0.6) is 0 Å². The first kappa shape index (κ1) is 20.7. The number of carbonyl (C=O) groups is 2. The average molecular weight is 393 g/mol. The summed E-state index contributed by atoms with van der Waals surface area (Å²) in [5.41, 5.74) is 2.06. The molecule has 1 N–H and O–H groups in total. The molecule has 1 aromatic carbocycles. The fourth-order valence-electron chi connectivity index (χ4n) is 3.55. The number of aromatic amines is 1. The van der Waals surface area contributed by atoms with Gasteiger partial charge in [0.2, 0.25) is 12.3 Å². The molecule has 0 radical (unpaired) electrons. The first-order valence-electron chi connectivity index (χ1n) is 9.92. The van der Waals surface area contributed by atoms with Crippen LogP contribution in [0.2, 0.25) is 0 Å². The van der Waals surface area contributed by atoms with Gasteiger partial charge in [0.25, 0.3) is 5.56 Å². The minimum absolute atomic E-state index is 0.187. The fourth-order valence-corrected chi connectivity index (χ4v) is 3.55. The zero-order chi connectivity index (χ0) is 21.0. The number of rotatable bonds is 5. The Morgan fingerprint density at radius 2 is 1.97 bits per heavy atom. The van der Waals surface area contributed by atoms with Crippen molar-refractivity contribution in [3.8, 4) is 0 Å². The predicted molar refractivity (Wildman–Crippen MR) is 113 cm³/mol. The number of benzene rings is 1. The molecule has 0 atom stereocenters. The lowest BCUT2D eigenvalue weighted by molar-refractivity contribution is -0.137. The zero-order valence-corrected chi connectivity index (χ0v) is 17.2. The van der Waals surface area contributed by atoms with Crippen LogP contribution in [0.1, 0.15) is 52.1 Å². The maximum atomic E-state index is 12.7. The number of nitrogens with zero attached hydrogens (tertiary/aromatic N) is 2. The molecule has 1 aliphatic rings. The molecule has 3 rings (SSSR count). The van der Waals surface area contributed by atoms with Gasteiger partial charge in [-0.3, -0.25) is 19.3 Å². The summed E-state index contributed by atoms with van der Waals surface area (Å²) in [5.74, 6) is -0.187. The molecule has 0 aliphatic heterocycles. The molecule has 0 saturated carbocycles. The minimum Gasteiger partial charge on any atom is -0.278 e. The van der Waals surface area contributed by atoms with Crippen LogP contribution in [-0.2, 0) is 16.0 Å². The van der Waals surface area contributed by atoms with Gasteiger partial charge >= 0.3 is 0 Å². The lowest BCUT2D eigenvalue weighted by Crippen LogP contribution is -2.32. The van der Waals surface area contributed by atoms with E-state index in [2.05, 4.69) is 16.3 Å². The first-order chi connectivity index (χ1) is 13.8. The monoisotopic (exact) mass is 393 g/mol. The molecule has 1 aromatic heterocycles. The quantitative estimate of drug-likeness (QED) is 0.782. The summed E-state index contributed by atoms with van der Waals surface area (Å²) in [6, 6.07) is 7.38. The fraction of sp³-hybridized carbons (Fsp3) is 0.391. The lowest BCUT2D eigenvalue weighted by Gasteiger charge is -2.24. The van der Waals surface area contributed by atoms with Crippen molar-refractivity contribution >= 4 is 23.1 Å². The van der Waals surface area contributed by atoms with Crippen molar-refractivity contribution in [2.45, 2.75) is 52.9 Å². The summed E-state index contributed by atoms with van der Waals surface area (Å²) < 4.78 is 0. The van der Waals surface area contributed by atoms with Gasteiger partial charge in [0.15, 0.2) is 0 Å². The molecule has 6 nitrogen and oxygen atoms in total. The number of amides is 2. The number of imide groups is 1. The Labute approximate surface area is 170 Å². The number of aromatic nitrogens is 2. The molecular formula is C23H27N3O3. The van der Waals surface area contributed by atoms with Crippen molar-refractivity contribution in [2.24, 2.45) is 5.41 Å². The van der Waals surface area contributed by atoms with E-state index in [4.69, 9.17) is 0 Å². The Hall–Kier alpha value is -3.02. The van der Waals surface area contributed by atoms with Gasteiger partial charge in [0.1, 0.15) is 0 Å². The number of H-pyrrole nitrogens is 1. The van der Waals surface area contributed by atoms with E-state index in [0.29, 0.717) is 36.8 Å². The van der Waals surface area contributed by atoms with E-state index in [9.17, 15) is 14.4 Å². The first-order valence-corrected chi connectivity index (χ1v) is 9.92. The maximum absolute atomic E-state index is 12.7. The van der Waals surface area contributed by atoms with Crippen LogP contribution in [0.15, 0.2) is 52.5 Å². The standard InChI is InChI=1S/C23H27N3O3/c1-23(2,3)14-21(28)26(15-27)17-9-5-4-8-16(12-17)13-20-18-10-6-7-11-19(18)22(29)25-24-20/h6-8,10-12,15H,4-5,9,13-14H2,1-3H3,(H,25,29). The van der Waals surface area contributed by atoms with E-state index in [1.807, 2.05) is 45.0 Å². The van der Waals surface area contributed by atoms with Crippen molar-refractivity contribution in [1.29, 1.82) is 0 Å². The van der Waals surface area contributed by atoms with E-state index in [-0.39, 0.29) is 16.9 Å². The van der Waals surface area contributed by atoms with Gasteiger partial charge in [-0.1, -0.05) is 45.0 Å². The highest BCUT2D eigenvalue weighted by Crippen LogP contribution is 2.26. The Morgan fingerprint density at radius 3 is 2.66 bits per heavy atom. The highest BCUT2D eigenvalue weighted by molar-refractivity contribution is 5.89. The average Bonchev–Trinajstić information content (AvgIpc) is 2.89. The van der Waals surface area contributed by atoms with Crippen molar-refractivity contribution in [3.63, 3.8) is 0 Å². The number of carbonyl (C=O) groups excluding carboxylic acids is 2. The van der Waals surface area contributed by atoms with Crippen molar-refractivity contribution < 1.29 is 9.59 Å². The Balaban J connectivity index is 1.91. The molecular weight excluding hydrogens is 366 g/mol. The van der Waals surface area contributed by atoms with Crippen molar-refractivity contribution in [2.75, 3.05) is 0 Å². The van der Waals surface area contributed by atoms with E-state index >= 15 is 0 Å². The van der Waals surface area contributed by atoms with Crippen LogP contribution >= 0.6 is 0 Å². The van der Waals surface area contributed by atoms with Gasteiger partial charge in [0.05, 0.1) is 11.1 Å². The number of hydrogen-bond donors (Lipinski definition) is 1. The van der Waals surface area contributed by atoms with Gasteiger partial charge in [-0.15, -0.1) is 0 Å². The molecule has 0 unspecified atom stereocenters. The molecule has 2 amide bonds. The van der Waals surface area contributed by atoms with Crippen LogP contribution in [0.4, 0.5) is 0 Å². The van der Waals surface area contributed by atoms with E-state index in [0.717, 1.165) is 29.5 Å². The normalized spacial score (nSPS) is 14.7. The molecule has 0 bridgehead atoms. The molecule has 0 spiro atoms. The van der Waals surface area contributed by atoms with Crippen LogP contribution in [0, 0.1) is 5.41 Å². The molecule has 0 saturated heterocycles.